The first-order valence-electron chi connectivity index (χ1n) is 8.91. The van der Waals surface area contributed by atoms with Crippen LogP contribution >= 0.6 is 0 Å². The SMILES string of the molecule is NS(=O)(=O)NC(=O)c1cnn2ccc(N3C[C@@H](F)C[C@@H]3c3cc(F)ccc3F)c(F)c12. The molecule has 1 saturated heterocycles. The van der Waals surface area contributed by atoms with Gasteiger partial charge >= 0.3 is 0 Å². The van der Waals surface area contributed by atoms with Gasteiger partial charge in [-0.1, -0.05) is 0 Å². The normalized spacial score (nSPS) is 19.2. The summed E-state index contributed by atoms with van der Waals surface area (Å²) in [5, 5.41) is 8.58. The van der Waals surface area contributed by atoms with Gasteiger partial charge in [-0.05, 0) is 24.3 Å². The highest BCUT2D eigenvalue weighted by molar-refractivity contribution is 7.87. The zero-order valence-corrected chi connectivity index (χ0v) is 16.4. The van der Waals surface area contributed by atoms with Gasteiger partial charge in [0.15, 0.2) is 5.82 Å². The molecule has 0 aliphatic carbocycles. The third-order valence-electron chi connectivity index (χ3n) is 4.96. The number of hydrogen-bond donors (Lipinski definition) is 2. The van der Waals surface area contributed by atoms with Crippen LogP contribution in [-0.4, -0.2) is 36.7 Å². The minimum absolute atomic E-state index is 0.139. The number of benzene rings is 1. The van der Waals surface area contributed by atoms with Crippen LogP contribution in [0.5, 0.6) is 0 Å². The minimum Gasteiger partial charge on any atom is -0.359 e. The molecule has 31 heavy (non-hydrogen) atoms. The van der Waals surface area contributed by atoms with Crippen molar-refractivity contribution in [2.75, 3.05) is 11.4 Å². The van der Waals surface area contributed by atoms with Gasteiger partial charge < -0.3 is 4.90 Å². The molecule has 1 fully saturated rings. The number of halogens is 4. The van der Waals surface area contributed by atoms with Crippen LogP contribution in [0.25, 0.3) is 5.52 Å². The van der Waals surface area contributed by atoms with E-state index < -0.39 is 51.3 Å². The van der Waals surface area contributed by atoms with E-state index in [1.165, 1.54) is 21.9 Å². The lowest BCUT2D eigenvalue weighted by molar-refractivity contribution is 0.0982. The Morgan fingerprint density at radius 2 is 1.97 bits per heavy atom. The molecule has 3 heterocycles. The molecule has 1 aliphatic heterocycles. The van der Waals surface area contributed by atoms with Crippen molar-refractivity contribution in [1.82, 2.24) is 14.3 Å². The first-order valence-corrected chi connectivity index (χ1v) is 10.5. The molecule has 2 aromatic heterocycles. The summed E-state index contributed by atoms with van der Waals surface area (Å²) in [7, 11) is -4.41. The van der Waals surface area contributed by atoms with Gasteiger partial charge in [0.2, 0.25) is 0 Å². The fraction of sp³-hybridized carbons (Fsp3) is 0.222. The fourth-order valence-electron chi connectivity index (χ4n) is 3.72. The van der Waals surface area contributed by atoms with Crippen molar-refractivity contribution in [1.29, 1.82) is 0 Å². The van der Waals surface area contributed by atoms with E-state index >= 15 is 4.39 Å². The van der Waals surface area contributed by atoms with Gasteiger partial charge in [0, 0.05) is 24.7 Å². The Hall–Kier alpha value is -3.19. The van der Waals surface area contributed by atoms with E-state index in [0.29, 0.717) is 0 Å². The number of fused-ring (bicyclic) bond motifs is 1. The van der Waals surface area contributed by atoms with Crippen molar-refractivity contribution in [3.05, 3.63) is 65.2 Å². The zero-order valence-electron chi connectivity index (χ0n) is 15.6. The summed E-state index contributed by atoms with van der Waals surface area (Å²) >= 11 is 0. The molecule has 1 aliphatic rings. The number of rotatable bonds is 4. The van der Waals surface area contributed by atoms with Crippen molar-refractivity contribution >= 4 is 27.3 Å². The molecule has 4 rings (SSSR count). The maximum atomic E-state index is 15.5. The van der Waals surface area contributed by atoms with Crippen LogP contribution in [0.1, 0.15) is 28.4 Å². The third-order valence-corrected chi connectivity index (χ3v) is 5.43. The second kappa shape index (κ2) is 7.50. The maximum absolute atomic E-state index is 15.5. The molecule has 0 spiro atoms. The van der Waals surface area contributed by atoms with E-state index in [2.05, 4.69) is 5.10 Å². The molecular formula is C18H15F4N5O3S. The summed E-state index contributed by atoms with van der Waals surface area (Å²) in [5.74, 6) is -3.74. The maximum Gasteiger partial charge on any atom is 0.298 e. The molecular weight excluding hydrogens is 442 g/mol. The van der Waals surface area contributed by atoms with Crippen LogP contribution < -0.4 is 14.8 Å². The molecule has 1 aromatic carbocycles. The van der Waals surface area contributed by atoms with E-state index in [4.69, 9.17) is 5.14 Å². The molecule has 1 amide bonds. The molecule has 3 aromatic rings. The number of nitrogens with two attached hydrogens (primary N) is 1. The monoisotopic (exact) mass is 457 g/mol. The molecule has 3 N–H and O–H groups in total. The summed E-state index contributed by atoms with van der Waals surface area (Å²) in [5.41, 5.74) is -1.15. The zero-order chi connectivity index (χ0) is 22.5. The summed E-state index contributed by atoms with van der Waals surface area (Å²) < 4.78 is 82.5. The van der Waals surface area contributed by atoms with E-state index in [0.717, 1.165) is 28.9 Å². The highest BCUT2D eigenvalue weighted by atomic mass is 32.2. The fourth-order valence-corrected chi connectivity index (χ4v) is 4.09. The Morgan fingerprint density at radius 1 is 1.23 bits per heavy atom. The molecule has 0 radical (unpaired) electrons. The molecule has 8 nitrogen and oxygen atoms in total. The second-order valence-electron chi connectivity index (χ2n) is 7.01. The van der Waals surface area contributed by atoms with Crippen molar-refractivity contribution in [3.63, 3.8) is 0 Å². The molecule has 0 bridgehead atoms. The Bertz CT molecular complexity index is 1300. The number of nitrogens with one attached hydrogen (secondary N) is 1. The standard InChI is InChI=1S/C18H15F4N5O3S/c19-9-1-2-13(21)11(5-9)15-6-10(20)8-26(15)14-3-4-27-17(16(14)22)12(7-24-27)18(28)25-31(23,29)30/h1-5,7,10,15H,6,8H2,(H,25,28)(H2,23,29,30)/t10-,15+/m0/s1. The highest BCUT2D eigenvalue weighted by Crippen LogP contribution is 2.40. The lowest BCUT2D eigenvalue weighted by Gasteiger charge is -2.27. The molecule has 13 heteroatoms. The van der Waals surface area contributed by atoms with Gasteiger partial charge in [-0.3, -0.25) is 4.79 Å². The van der Waals surface area contributed by atoms with Crippen LogP contribution in [0, 0.1) is 17.5 Å². The average Bonchev–Trinajstić information content (AvgIpc) is 3.27. The van der Waals surface area contributed by atoms with Gasteiger partial charge in [0.25, 0.3) is 16.1 Å². The lowest BCUT2D eigenvalue weighted by Crippen LogP contribution is -2.36. The van der Waals surface area contributed by atoms with Gasteiger partial charge in [0.1, 0.15) is 23.3 Å². The first kappa shape index (κ1) is 21.1. The number of carbonyl (C=O) groups is 1. The molecule has 2 atom stereocenters. The predicted molar refractivity (Wildman–Crippen MR) is 102 cm³/mol. The summed E-state index contributed by atoms with van der Waals surface area (Å²) in [4.78, 5) is 13.4. The van der Waals surface area contributed by atoms with Crippen LogP contribution in [0.4, 0.5) is 23.2 Å². The summed E-state index contributed by atoms with van der Waals surface area (Å²) in [6.07, 6.45) is 0.557. The number of alkyl halides is 1. The van der Waals surface area contributed by atoms with E-state index in [9.17, 15) is 26.4 Å². The van der Waals surface area contributed by atoms with Crippen molar-refractivity contribution in [3.8, 4) is 0 Å². The molecule has 164 valence electrons. The van der Waals surface area contributed by atoms with Crippen molar-refractivity contribution in [2.24, 2.45) is 5.14 Å². The van der Waals surface area contributed by atoms with Crippen molar-refractivity contribution < 1.29 is 30.8 Å². The van der Waals surface area contributed by atoms with Crippen LogP contribution in [0.15, 0.2) is 36.7 Å². The largest absolute Gasteiger partial charge is 0.359 e. The van der Waals surface area contributed by atoms with E-state index in [1.54, 1.807) is 0 Å². The van der Waals surface area contributed by atoms with Gasteiger partial charge in [-0.15, -0.1) is 0 Å². The van der Waals surface area contributed by atoms with Crippen molar-refractivity contribution in [2.45, 2.75) is 18.6 Å². The number of nitrogens with zero attached hydrogens (tertiary/aromatic N) is 3. The topological polar surface area (TPSA) is 110 Å². The number of hydrogen-bond acceptors (Lipinski definition) is 5. The summed E-state index contributed by atoms with van der Waals surface area (Å²) in [6, 6.07) is 2.98. The smallest absolute Gasteiger partial charge is 0.298 e. The Morgan fingerprint density at radius 3 is 2.68 bits per heavy atom. The third kappa shape index (κ3) is 3.93. The average molecular weight is 457 g/mol. The Kier molecular flexibility index (Phi) is 5.09. The number of anilines is 1. The summed E-state index contributed by atoms with van der Waals surface area (Å²) in [6.45, 7) is -0.305. The Labute approximate surface area is 173 Å². The lowest BCUT2D eigenvalue weighted by atomic mass is 10.0. The number of amides is 1. The van der Waals surface area contributed by atoms with Crippen LogP contribution in [0.3, 0.4) is 0 Å². The van der Waals surface area contributed by atoms with Crippen LogP contribution in [-0.2, 0) is 10.2 Å². The van der Waals surface area contributed by atoms with E-state index in [-0.39, 0.29) is 29.7 Å². The quantitative estimate of drug-likeness (QED) is 0.583. The van der Waals surface area contributed by atoms with Gasteiger partial charge in [-0.25, -0.2) is 31.9 Å². The first-order chi connectivity index (χ1) is 14.5. The number of aromatic nitrogens is 2. The Balaban J connectivity index is 1.81. The van der Waals surface area contributed by atoms with Crippen LogP contribution in [0.2, 0.25) is 0 Å². The highest BCUT2D eigenvalue weighted by Gasteiger charge is 2.37. The van der Waals surface area contributed by atoms with Gasteiger partial charge in [0.05, 0.1) is 23.5 Å². The predicted octanol–water partition coefficient (Wildman–Crippen LogP) is 1.97. The molecule has 0 saturated carbocycles. The second-order valence-corrected chi connectivity index (χ2v) is 8.30. The number of pyridine rings is 1. The number of carbonyl (C=O) groups excluding carboxylic acids is 1. The molecule has 0 unspecified atom stereocenters. The van der Waals surface area contributed by atoms with Gasteiger partial charge in [-0.2, -0.15) is 13.5 Å². The van der Waals surface area contributed by atoms with E-state index in [1.807, 2.05) is 0 Å². The minimum atomic E-state index is -4.41.